The number of hydrogen-bond donors (Lipinski definition) is 2. The molecule has 0 atom stereocenters. The third-order valence-corrected chi connectivity index (χ3v) is 6.14. The van der Waals surface area contributed by atoms with Gasteiger partial charge >= 0.3 is 0 Å². The first-order chi connectivity index (χ1) is 9.39. The van der Waals surface area contributed by atoms with Crippen LogP contribution in [0.15, 0.2) is 16.3 Å². The average Bonchev–Trinajstić information content (AvgIpc) is 2.86. The summed E-state index contributed by atoms with van der Waals surface area (Å²) >= 11 is 1.10. The van der Waals surface area contributed by atoms with Gasteiger partial charge in [-0.25, -0.2) is 8.42 Å². The third kappa shape index (κ3) is 3.35. The molecule has 1 aliphatic heterocycles. The van der Waals surface area contributed by atoms with Crippen LogP contribution in [0.25, 0.3) is 0 Å². The van der Waals surface area contributed by atoms with Crippen molar-refractivity contribution in [2.24, 2.45) is 0 Å². The summed E-state index contributed by atoms with van der Waals surface area (Å²) in [6, 6.07) is 3.17. The maximum Gasteiger partial charge on any atom is 0.253 e. The van der Waals surface area contributed by atoms with Crippen molar-refractivity contribution in [3.8, 4) is 0 Å². The zero-order valence-corrected chi connectivity index (χ0v) is 12.5. The zero-order chi connectivity index (χ0) is 14.8. The van der Waals surface area contributed by atoms with Gasteiger partial charge in [0.05, 0.1) is 13.1 Å². The SMILES string of the molecule is CC(=O)NCc1ccc(S(=O)(=O)N2CCNC(=O)C2)s1. The number of hydrogen-bond acceptors (Lipinski definition) is 5. The van der Waals surface area contributed by atoms with E-state index >= 15 is 0 Å². The van der Waals surface area contributed by atoms with Gasteiger partial charge in [0.2, 0.25) is 11.8 Å². The number of piperazine rings is 1. The fraction of sp³-hybridized carbons (Fsp3) is 0.455. The molecule has 110 valence electrons. The van der Waals surface area contributed by atoms with Crippen LogP contribution < -0.4 is 10.6 Å². The summed E-state index contributed by atoms with van der Waals surface area (Å²) in [7, 11) is -3.63. The Bertz CT molecular complexity index is 623. The maximum absolute atomic E-state index is 12.4. The van der Waals surface area contributed by atoms with Gasteiger partial charge in [-0.1, -0.05) is 0 Å². The van der Waals surface area contributed by atoms with Crippen LogP contribution >= 0.6 is 11.3 Å². The Labute approximate surface area is 121 Å². The van der Waals surface area contributed by atoms with Crippen molar-refractivity contribution in [3.05, 3.63) is 17.0 Å². The Morgan fingerprint density at radius 2 is 2.25 bits per heavy atom. The second-order valence-corrected chi connectivity index (χ2v) is 7.65. The van der Waals surface area contributed by atoms with Crippen LogP contribution in [0.3, 0.4) is 0 Å². The molecule has 1 aromatic rings. The quantitative estimate of drug-likeness (QED) is 0.783. The normalized spacial score (nSPS) is 16.8. The molecule has 0 aliphatic carbocycles. The number of sulfonamides is 1. The summed E-state index contributed by atoms with van der Waals surface area (Å²) in [4.78, 5) is 22.8. The van der Waals surface area contributed by atoms with Gasteiger partial charge in [-0.15, -0.1) is 11.3 Å². The Morgan fingerprint density at radius 1 is 1.50 bits per heavy atom. The summed E-state index contributed by atoms with van der Waals surface area (Å²) < 4.78 is 26.1. The number of thiophene rings is 1. The van der Waals surface area contributed by atoms with Gasteiger partial charge in [-0.05, 0) is 12.1 Å². The third-order valence-electron chi connectivity index (χ3n) is 2.75. The molecule has 2 amide bonds. The van der Waals surface area contributed by atoms with Crippen molar-refractivity contribution >= 4 is 33.2 Å². The Hall–Kier alpha value is -1.45. The highest BCUT2D eigenvalue weighted by Crippen LogP contribution is 2.25. The van der Waals surface area contributed by atoms with Crippen molar-refractivity contribution < 1.29 is 18.0 Å². The summed E-state index contributed by atoms with van der Waals surface area (Å²) in [5.74, 6) is -0.467. The van der Waals surface area contributed by atoms with Gasteiger partial charge in [0.25, 0.3) is 10.0 Å². The molecule has 0 radical (unpaired) electrons. The molecule has 2 heterocycles. The van der Waals surface area contributed by atoms with Crippen molar-refractivity contribution in [1.29, 1.82) is 0 Å². The molecule has 0 spiro atoms. The average molecular weight is 317 g/mol. The first-order valence-corrected chi connectivity index (χ1v) is 8.25. The summed E-state index contributed by atoms with van der Waals surface area (Å²) in [5, 5.41) is 5.20. The van der Waals surface area contributed by atoms with Crippen LogP contribution in [0, 0.1) is 0 Å². The largest absolute Gasteiger partial charge is 0.354 e. The van der Waals surface area contributed by atoms with E-state index in [0.717, 1.165) is 16.2 Å². The molecule has 7 nitrogen and oxygen atoms in total. The van der Waals surface area contributed by atoms with Gasteiger partial charge < -0.3 is 10.6 Å². The van der Waals surface area contributed by atoms with Crippen molar-refractivity contribution in [3.63, 3.8) is 0 Å². The van der Waals surface area contributed by atoms with E-state index in [4.69, 9.17) is 0 Å². The first kappa shape index (κ1) is 14.9. The van der Waals surface area contributed by atoms with Gasteiger partial charge in [-0.2, -0.15) is 4.31 Å². The van der Waals surface area contributed by atoms with Crippen LogP contribution in [0.4, 0.5) is 0 Å². The van der Waals surface area contributed by atoms with E-state index in [1.165, 1.54) is 17.3 Å². The molecular weight excluding hydrogens is 302 g/mol. The van der Waals surface area contributed by atoms with Crippen LogP contribution in [-0.2, 0) is 26.2 Å². The second-order valence-electron chi connectivity index (χ2n) is 4.32. The lowest BCUT2D eigenvalue weighted by Crippen LogP contribution is -2.49. The van der Waals surface area contributed by atoms with Crippen LogP contribution in [0.2, 0.25) is 0 Å². The Morgan fingerprint density at radius 3 is 2.90 bits per heavy atom. The van der Waals surface area contributed by atoms with Crippen LogP contribution in [-0.4, -0.2) is 44.2 Å². The molecule has 0 aromatic carbocycles. The number of nitrogens with one attached hydrogen (secondary N) is 2. The van der Waals surface area contributed by atoms with E-state index in [1.54, 1.807) is 6.07 Å². The molecule has 2 N–H and O–H groups in total. The lowest BCUT2D eigenvalue weighted by molar-refractivity contribution is -0.122. The van der Waals surface area contributed by atoms with E-state index in [1.807, 2.05) is 0 Å². The Kier molecular flexibility index (Phi) is 4.41. The van der Waals surface area contributed by atoms with Gasteiger partial charge in [-0.3, -0.25) is 9.59 Å². The fourth-order valence-electron chi connectivity index (χ4n) is 1.75. The highest BCUT2D eigenvalue weighted by Gasteiger charge is 2.30. The lowest BCUT2D eigenvalue weighted by Gasteiger charge is -2.25. The summed E-state index contributed by atoms with van der Waals surface area (Å²) in [6.45, 7) is 2.14. The molecule has 1 aromatic heterocycles. The minimum atomic E-state index is -3.63. The smallest absolute Gasteiger partial charge is 0.253 e. The molecule has 0 unspecified atom stereocenters. The first-order valence-electron chi connectivity index (χ1n) is 5.99. The molecule has 9 heteroatoms. The number of rotatable bonds is 4. The predicted octanol–water partition coefficient (Wildman–Crippen LogP) is -0.495. The molecule has 1 fully saturated rings. The molecular formula is C11H15N3O4S2. The number of carbonyl (C=O) groups is 2. The summed E-state index contributed by atoms with van der Waals surface area (Å²) in [5.41, 5.74) is 0. The van der Waals surface area contributed by atoms with E-state index in [9.17, 15) is 18.0 Å². The standard InChI is InChI=1S/C11H15N3O4S2/c1-8(15)13-6-9-2-3-11(19-9)20(17,18)14-5-4-12-10(16)7-14/h2-3H,4-7H2,1H3,(H,12,16)(H,13,15). The second kappa shape index (κ2) is 5.90. The van der Waals surface area contributed by atoms with Crippen molar-refractivity contribution in [2.45, 2.75) is 17.7 Å². The molecule has 0 bridgehead atoms. The molecule has 2 rings (SSSR count). The van der Waals surface area contributed by atoms with Gasteiger partial charge in [0.1, 0.15) is 4.21 Å². The topological polar surface area (TPSA) is 95.6 Å². The fourth-order valence-corrected chi connectivity index (χ4v) is 4.60. The molecule has 1 saturated heterocycles. The molecule has 0 saturated carbocycles. The van der Waals surface area contributed by atoms with Gasteiger partial charge in [0.15, 0.2) is 0 Å². The number of amides is 2. The molecule has 20 heavy (non-hydrogen) atoms. The summed E-state index contributed by atoms with van der Waals surface area (Å²) in [6.07, 6.45) is 0. The van der Waals surface area contributed by atoms with E-state index in [0.29, 0.717) is 13.1 Å². The number of carbonyl (C=O) groups excluding carboxylic acids is 2. The van der Waals surface area contributed by atoms with Crippen LogP contribution in [0.1, 0.15) is 11.8 Å². The highest BCUT2D eigenvalue weighted by molar-refractivity contribution is 7.91. The Balaban J connectivity index is 2.13. The molecule has 1 aliphatic rings. The highest BCUT2D eigenvalue weighted by atomic mass is 32.2. The minimum absolute atomic E-state index is 0.152. The maximum atomic E-state index is 12.4. The predicted molar refractivity (Wildman–Crippen MR) is 73.6 cm³/mol. The minimum Gasteiger partial charge on any atom is -0.354 e. The van der Waals surface area contributed by atoms with Crippen LogP contribution in [0.5, 0.6) is 0 Å². The van der Waals surface area contributed by atoms with Gasteiger partial charge in [0, 0.05) is 24.9 Å². The van der Waals surface area contributed by atoms with E-state index in [-0.39, 0.29) is 29.1 Å². The number of nitrogens with zero attached hydrogens (tertiary/aromatic N) is 1. The zero-order valence-electron chi connectivity index (χ0n) is 10.9. The van der Waals surface area contributed by atoms with E-state index in [2.05, 4.69) is 10.6 Å². The lowest BCUT2D eigenvalue weighted by atomic mass is 10.4. The van der Waals surface area contributed by atoms with Crippen molar-refractivity contribution in [1.82, 2.24) is 14.9 Å². The van der Waals surface area contributed by atoms with Crippen molar-refractivity contribution in [2.75, 3.05) is 19.6 Å². The monoisotopic (exact) mass is 317 g/mol. The van der Waals surface area contributed by atoms with E-state index < -0.39 is 10.0 Å².